The summed E-state index contributed by atoms with van der Waals surface area (Å²) in [6.45, 7) is 2.48. The largest absolute Gasteiger partial charge is 0.399 e. The van der Waals surface area contributed by atoms with Gasteiger partial charge in [0.05, 0.1) is 0 Å². The first-order chi connectivity index (χ1) is 10.7. The van der Waals surface area contributed by atoms with E-state index in [1.165, 1.54) is 6.42 Å². The third-order valence-corrected chi connectivity index (χ3v) is 3.13. The molecule has 2 aromatic rings. The number of hydrogen-bond acceptors (Lipinski definition) is 3. The second-order valence-electron chi connectivity index (χ2n) is 5.06. The van der Waals surface area contributed by atoms with Crippen LogP contribution >= 0.6 is 0 Å². The predicted octanol–water partition coefficient (Wildman–Crippen LogP) is 4.19. The SMILES string of the molecule is CCCCCO.Nc1ccc(N)c(C=Cc2ccccc2)c1. The van der Waals surface area contributed by atoms with Crippen LogP contribution in [0.4, 0.5) is 11.4 Å². The van der Waals surface area contributed by atoms with Crippen molar-refractivity contribution in [3.05, 3.63) is 59.7 Å². The van der Waals surface area contributed by atoms with Crippen LogP contribution in [0.2, 0.25) is 0 Å². The molecule has 0 saturated carbocycles. The maximum Gasteiger partial charge on any atom is 0.0431 e. The number of nitrogen functional groups attached to an aromatic ring is 2. The molecule has 0 radical (unpaired) electrons. The van der Waals surface area contributed by atoms with Crippen molar-refractivity contribution in [1.29, 1.82) is 0 Å². The van der Waals surface area contributed by atoms with Gasteiger partial charge >= 0.3 is 0 Å². The summed E-state index contributed by atoms with van der Waals surface area (Å²) in [4.78, 5) is 0. The maximum absolute atomic E-state index is 8.20. The summed E-state index contributed by atoms with van der Waals surface area (Å²) < 4.78 is 0. The van der Waals surface area contributed by atoms with Gasteiger partial charge in [-0.25, -0.2) is 0 Å². The zero-order valence-corrected chi connectivity index (χ0v) is 13.2. The Hall–Kier alpha value is -2.26. The molecule has 0 saturated heterocycles. The van der Waals surface area contributed by atoms with Crippen LogP contribution in [0, 0.1) is 0 Å². The highest BCUT2D eigenvalue weighted by molar-refractivity contribution is 5.77. The summed E-state index contributed by atoms with van der Waals surface area (Å²) in [6.07, 6.45) is 7.32. The summed E-state index contributed by atoms with van der Waals surface area (Å²) in [5.74, 6) is 0. The Balaban J connectivity index is 0.000000346. The van der Waals surface area contributed by atoms with Crippen molar-refractivity contribution in [1.82, 2.24) is 0 Å². The van der Waals surface area contributed by atoms with E-state index in [1.54, 1.807) is 6.07 Å². The third kappa shape index (κ3) is 6.95. The molecule has 3 heteroatoms. The van der Waals surface area contributed by atoms with E-state index in [-0.39, 0.29) is 0 Å². The molecule has 3 nitrogen and oxygen atoms in total. The summed E-state index contributed by atoms with van der Waals surface area (Å²) in [6, 6.07) is 15.6. The van der Waals surface area contributed by atoms with E-state index in [0.717, 1.165) is 35.3 Å². The molecule has 0 atom stereocenters. The summed E-state index contributed by atoms with van der Waals surface area (Å²) >= 11 is 0. The monoisotopic (exact) mass is 298 g/mol. The van der Waals surface area contributed by atoms with Crippen molar-refractivity contribution in [3.8, 4) is 0 Å². The van der Waals surface area contributed by atoms with Crippen molar-refractivity contribution in [2.75, 3.05) is 18.1 Å². The van der Waals surface area contributed by atoms with Gasteiger partial charge in [-0.2, -0.15) is 0 Å². The number of benzene rings is 2. The van der Waals surface area contributed by atoms with E-state index in [2.05, 4.69) is 6.92 Å². The molecule has 2 rings (SSSR count). The first kappa shape index (κ1) is 17.8. The molecule has 0 aliphatic heterocycles. The van der Waals surface area contributed by atoms with Gasteiger partial charge in [0.15, 0.2) is 0 Å². The molecule has 0 aliphatic rings. The number of unbranched alkanes of at least 4 members (excludes halogenated alkanes) is 2. The normalized spacial score (nSPS) is 10.3. The molecule has 0 bridgehead atoms. The number of aliphatic hydroxyl groups is 1. The Morgan fingerprint density at radius 1 is 0.955 bits per heavy atom. The van der Waals surface area contributed by atoms with E-state index in [9.17, 15) is 0 Å². The Kier molecular flexibility index (Phi) is 8.46. The molecule has 0 unspecified atom stereocenters. The topological polar surface area (TPSA) is 72.3 Å². The van der Waals surface area contributed by atoms with Crippen LogP contribution in [0.25, 0.3) is 12.2 Å². The van der Waals surface area contributed by atoms with Crippen LogP contribution in [-0.2, 0) is 0 Å². The van der Waals surface area contributed by atoms with E-state index in [1.807, 2.05) is 54.6 Å². The van der Waals surface area contributed by atoms with Gasteiger partial charge in [-0.3, -0.25) is 0 Å². The van der Waals surface area contributed by atoms with Crippen LogP contribution in [0.15, 0.2) is 48.5 Å². The van der Waals surface area contributed by atoms with Crippen molar-refractivity contribution in [2.24, 2.45) is 0 Å². The highest BCUT2D eigenvalue weighted by Crippen LogP contribution is 2.18. The molecule has 2 aromatic carbocycles. The Morgan fingerprint density at radius 3 is 2.27 bits per heavy atom. The molecule has 0 amide bonds. The molecular weight excluding hydrogens is 272 g/mol. The standard InChI is InChI=1S/C14H14N2.C5H12O/c15-13-8-9-14(16)12(10-13)7-6-11-4-2-1-3-5-11;1-2-3-4-5-6/h1-10H,15-16H2;6H,2-5H2,1H3. The van der Waals surface area contributed by atoms with E-state index in [0.29, 0.717) is 6.61 Å². The minimum absolute atomic E-state index is 0.355. The van der Waals surface area contributed by atoms with Crippen molar-refractivity contribution >= 4 is 23.5 Å². The van der Waals surface area contributed by atoms with Crippen molar-refractivity contribution in [3.63, 3.8) is 0 Å². The molecule has 118 valence electrons. The highest BCUT2D eigenvalue weighted by Gasteiger charge is 1.95. The Labute approximate surface area is 133 Å². The van der Waals surface area contributed by atoms with Gasteiger partial charge in [0.25, 0.3) is 0 Å². The first-order valence-corrected chi connectivity index (χ1v) is 7.66. The van der Waals surface area contributed by atoms with Crippen LogP contribution in [0.1, 0.15) is 37.3 Å². The van der Waals surface area contributed by atoms with Crippen molar-refractivity contribution < 1.29 is 5.11 Å². The summed E-state index contributed by atoms with van der Waals surface area (Å²) in [5.41, 5.74) is 15.1. The summed E-state index contributed by atoms with van der Waals surface area (Å²) in [7, 11) is 0. The lowest BCUT2D eigenvalue weighted by molar-refractivity contribution is 0.284. The van der Waals surface area contributed by atoms with Crippen molar-refractivity contribution in [2.45, 2.75) is 26.2 Å². The summed E-state index contributed by atoms with van der Waals surface area (Å²) in [5, 5.41) is 8.20. The predicted molar refractivity (Wildman–Crippen MR) is 97.2 cm³/mol. The first-order valence-electron chi connectivity index (χ1n) is 7.66. The second-order valence-corrected chi connectivity index (χ2v) is 5.06. The molecule has 0 heterocycles. The van der Waals surface area contributed by atoms with E-state index < -0.39 is 0 Å². The van der Waals surface area contributed by atoms with Crippen LogP contribution < -0.4 is 11.5 Å². The van der Waals surface area contributed by atoms with Gasteiger partial charge in [-0.15, -0.1) is 0 Å². The molecule has 5 N–H and O–H groups in total. The van der Waals surface area contributed by atoms with Crippen LogP contribution in [-0.4, -0.2) is 11.7 Å². The zero-order valence-electron chi connectivity index (χ0n) is 13.2. The number of nitrogens with two attached hydrogens (primary N) is 2. The highest BCUT2D eigenvalue weighted by atomic mass is 16.2. The van der Waals surface area contributed by atoms with E-state index >= 15 is 0 Å². The number of rotatable bonds is 5. The average Bonchev–Trinajstić information content (AvgIpc) is 2.55. The molecule has 0 aliphatic carbocycles. The second kappa shape index (κ2) is 10.5. The van der Waals surface area contributed by atoms with Gasteiger partial charge < -0.3 is 16.6 Å². The number of anilines is 2. The van der Waals surface area contributed by atoms with Gasteiger partial charge in [0.1, 0.15) is 0 Å². The minimum Gasteiger partial charge on any atom is -0.399 e. The average molecular weight is 298 g/mol. The molecule has 0 spiro atoms. The molecule has 0 fully saturated rings. The van der Waals surface area contributed by atoms with Gasteiger partial charge in [-0.1, -0.05) is 62.2 Å². The fourth-order valence-corrected chi connectivity index (χ4v) is 1.85. The molecule has 22 heavy (non-hydrogen) atoms. The van der Waals surface area contributed by atoms with Gasteiger partial charge in [0, 0.05) is 18.0 Å². The fraction of sp³-hybridized carbons (Fsp3) is 0.263. The Morgan fingerprint density at radius 2 is 1.68 bits per heavy atom. The lowest BCUT2D eigenvalue weighted by Gasteiger charge is -2.01. The third-order valence-electron chi connectivity index (χ3n) is 3.13. The van der Waals surface area contributed by atoms with Gasteiger partial charge in [-0.05, 0) is 35.7 Å². The fourth-order valence-electron chi connectivity index (χ4n) is 1.85. The van der Waals surface area contributed by atoms with Crippen LogP contribution in [0.3, 0.4) is 0 Å². The molecular formula is C19H26N2O. The quantitative estimate of drug-likeness (QED) is 0.440. The minimum atomic E-state index is 0.355. The molecule has 0 aromatic heterocycles. The lowest BCUT2D eigenvalue weighted by atomic mass is 10.1. The number of aliphatic hydroxyl groups excluding tert-OH is 1. The smallest absolute Gasteiger partial charge is 0.0431 e. The Bertz CT molecular complexity index is 561. The van der Waals surface area contributed by atoms with Gasteiger partial charge in [0.2, 0.25) is 0 Å². The van der Waals surface area contributed by atoms with Crippen LogP contribution in [0.5, 0.6) is 0 Å². The zero-order chi connectivity index (χ0) is 16.2. The number of hydrogen-bond donors (Lipinski definition) is 3. The lowest BCUT2D eigenvalue weighted by Crippen LogP contribution is -1.91. The maximum atomic E-state index is 8.20. The van der Waals surface area contributed by atoms with E-state index in [4.69, 9.17) is 16.6 Å².